The lowest BCUT2D eigenvalue weighted by molar-refractivity contribution is -0.116. The Kier molecular flexibility index (Phi) is 5.02. The number of carbonyl (C=O) groups excluding carboxylic acids is 1. The number of fused-ring (bicyclic) bond motifs is 1. The Bertz CT molecular complexity index is 1070. The van der Waals surface area contributed by atoms with Crippen molar-refractivity contribution in [3.63, 3.8) is 0 Å². The molecule has 6 nitrogen and oxygen atoms in total. The molecular formula is C22H22N4O2. The van der Waals surface area contributed by atoms with Crippen LogP contribution in [0.15, 0.2) is 53.6 Å². The molecule has 28 heavy (non-hydrogen) atoms. The number of aromatic nitrogens is 3. The topological polar surface area (TPSA) is 76.9 Å². The number of carbonyl (C=O) groups is 1. The number of nitrogens with one attached hydrogen (secondary N) is 1. The van der Waals surface area contributed by atoms with Crippen molar-refractivity contribution in [1.82, 2.24) is 14.5 Å². The molecule has 1 aromatic carbocycles. The maximum Gasteiger partial charge on any atom is 0.254 e. The molecule has 2 heterocycles. The van der Waals surface area contributed by atoms with E-state index < -0.39 is 0 Å². The summed E-state index contributed by atoms with van der Waals surface area (Å²) in [5.74, 6) is 0.234. The normalized spacial score (nSPS) is 12.6. The van der Waals surface area contributed by atoms with Crippen LogP contribution in [0, 0.1) is 0 Å². The first-order valence-electron chi connectivity index (χ1n) is 9.57. The zero-order valence-electron chi connectivity index (χ0n) is 15.8. The second-order valence-corrected chi connectivity index (χ2v) is 6.97. The van der Waals surface area contributed by atoms with Crippen molar-refractivity contribution in [2.24, 2.45) is 0 Å². The maximum absolute atomic E-state index is 12.7. The summed E-state index contributed by atoms with van der Waals surface area (Å²) >= 11 is 0. The fourth-order valence-electron chi connectivity index (χ4n) is 3.60. The number of hydrogen-bond donors (Lipinski definition) is 1. The SMILES string of the molecule is CCc1cc(=O)n(CC(=O)Nc2ccc3c(c2)CCC3)c(-c2ccncc2)n1. The van der Waals surface area contributed by atoms with Gasteiger partial charge in [0.15, 0.2) is 0 Å². The number of benzene rings is 1. The largest absolute Gasteiger partial charge is 0.325 e. The fourth-order valence-corrected chi connectivity index (χ4v) is 3.60. The first-order valence-corrected chi connectivity index (χ1v) is 9.57. The molecule has 0 unspecified atom stereocenters. The Morgan fingerprint density at radius 3 is 2.68 bits per heavy atom. The minimum Gasteiger partial charge on any atom is -0.325 e. The van der Waals surface area contributed by atoms with E-state index in [0.717, 1.165) is 30.5 Å². The molecule has 0 atom stereocenters. The molecule has 6 heteroatoms. The standard InChI is InChI=1S/C22H22N4O2/c1-2-18-13-21(28)26(22(25-18)16-8-10-23-11-9-16)14-20(27)24-19-7-6-15-4-3-5-17(15)12-19/h6-13H,2-5,14H2,1H3,(H,24,27). The van der Waals surface area contributed by atoms with E-state index in [9.17, 15) is 9.59 Å². The molecule has 1 amide bonds. The highest BCUT2D eigenvalue weighted by Gasteiger charge is 2.15. The third-order valence-electron chi connectivity index (χ3n) is 5.05. The first kappa shape index (κ1) is 18.1. The van der Waals surface area contributed by atoms with Gasteiger partial charge >= 0.3 is 0 Å². The highest BCUT2D eigenvalue weighted by Crippen LogP contribution is 2.25. The second kappa shape index (κ2) is 7.76. The second-order valence-electron chi connectivity index (χ2n) is 6.97. The molecule has 1 aliphatic carbocycles. The number of rotatable bonds is 5. The molecule has 0 fully saturated rings. The Labute approximate surface area is 163 Å². The van der Waals surface area contributed by atoms with Crippen LogP contribution >= 0.6 is 0 Å². The van der Waals surface area contributed by atoms with Crippen molar-refractivity contribution in [1.29, 1.82) is 0 Å². The Hall–Kier alpha value is -3.28. The van der Waals surface area contributed by atoms with Gasteiger partial charge in [0.2, 0.25) is 5.91 Å². The van der Waals surface area contributed by atoms with Gasteiger partial charge in [-0.3, -0.25) is 19.1 Å². The lowest BCUT2D eigenvalue weighted by atomic mass is 10.1. The molecule has 0 saturated heterocycles. The van der Waals surface area contributed by atoms with Gasteiger partial charge in [-0.1, -0.05) is 13.0 Å². The van der Waals surface area contributed by atoms with Gasteiger partial charge in [-0.05, 0) is 61.1 Å². The molecule has 1 aliphatic rings. The Morgan fingerprint density at radius 2 is 1.89 bits per heavy atom. The molecule has 0 radical (unpaired) electrons. The number of nitrogens with zero attached hydrogens (tertiary/aromatic N) is 3. The summed E-state index contributed by atoms with van der Waals surface area (Å²) in [6.07, 6.45) is 7.25. The summed E-state index contributed by atoms with van der Waals surface area (Å²) in [4.78, 5) is 33.9. The lowest BCUT2D eigenvalue weighted by Gasteiger charge is -2.14. The van der Waals surface area contributed by atoms with Gasteiger partial charge in [-0.15, -0.1) is 0 Å². The van der Waals surface area contributed by atoms with Crippen LogP contribution in [0.2, 0.25) is 0 Å². The van der Waals surface area contributed by atoms with E-state index in [0.29, 0.717) is 17.9 Å². The summed E-state index contributed by atoms with van der Waals surface area (Å²) in [5, 5.41) is 2.92. The predicted octanol–water partition coefficient (Wildman–Crippen LogP) is 3.00. The molecule has 0 saturated carbocycles. The van der Waals surface area contributed by atoms with E-state index in [-0.39, 0.29) is 18.0 Å². The van der Waals surface area contributed by atoms with Gasteiger partial charge < -0.3 is 5.32 Å². The van der Waals surface area contributed by atoms with Gasteiger partial charge in [-0.25, -0.2) is 4.98 Å². The zero-order chi connectivity index (χ0) is 19.5. The van der Waals surface area contributed by atoms with Crippen LogP contribution in [0.5, 0.6) is 0 Å². The van der Waals surface area contributed by atoms with Crippen LogP contribution < -0.4 is 10.9 Å². The number of hydrogen-bond acceptors (Lipinski definition) is 4. The Balaban J connectivity index is 1.62. The lowest BCUT2D eigenvalue weighted by Crippen LogP contribution is -2.30. The van der Waals surface area contributed by atoms with Crippen LogP contribution in [-0.2, 0) is 30.6 Å². The quantitative estimate of drug-likeness (QED) is 0.745. The van der Waals surface area contributed by atoms with Gasteiger partial charge in [0.25, 0.3) is 5.56 Å². The van der Waals surface area contributed by atoms with Crippen molar-refractivity contribution in [3.05, 3.63) is 76.0 Å². The van der Waals surface area contributed by atoms with Crippen molar-refractivity contribution in [2.75, 3.05) is 5.32 Å². The predicted molar refractivity (Wildman–Crippen MR) is 108 cm³/mol. The van der Waals surface area contributed by atoms with E-state index in [1.807, 2.05) is 19.1 Å². The van der Waals surface area contributed by atoms with Crippen LogP contribution in [0.3, 0.4) is 0 Å². The van der Waals surface area contributed by atoms with Crippen molar-refractivity contribution < 1.29 is 4.79 Å². The monoisotopic (exact) mass is 374 g/mol. The first-order chi connectivity index (χ1) is 13.6. The van der Waals surface area contributed by atoms with Gasteiger partial charge in [0, 0.05) is 35.4 Å². The molecule has 0 bridgehead atoms. The minimum atomic E-state index is -0.249. The van der Waals surface area contributed by atoms with Crippen LogP contribution in [0.4, 0.5) is 5.69 Å². The summed E-state index contributed by atoms with van der Waals surface area (Å²) in [6, 6.07) is 11.1. The third kappa shape index (κ3) is 3.71. The number of pyridine rings is 1. The molecule has 0 spiro atoms. The van der Waals surface area contributed by atoms with Crippen molar-refractivity contribution in [3.8, 4) is 11.4 Å². The van der Waals surface area contributed by atoms with Gasteiger partial charge in [0.05, 0.1) is 0 Å². The molecule has 2 aromatic heterocycles. The van der Waals surface area contributed by atoms with Gasteiger partial charge in [-0.2, -0.15) is 0 Å². The summed E-state index contributed by atoms with van der Waals surface area (Å²) in [6.45, 7) is 1.85. The third-order valence-corrected chi connectivity index (χ3v) is 5.05. The van der Waals surface area contributed by atoms with E-state index in [1.165, 1.54) is 21.8 Å². The van der Waals surface area contributed by atoms with Crippen LogP contribution in [0.25, 0.3) is 11.4 Å². The van der Waals surface area contributed by atoms with Gasteiger partial charge in [0.1, 0.15) is 12.4 Å². The average molecular weight is 374 g/mol. The molecular weight excluding hydrogens is 352 g/mol. The minimum absolute atomic E-state index is 0.0927. The van der Waals surface area contributed by atoms with E-state index >= 15 is 0 Å². The van der Waals surface area contributed by atoms with E-state index in [1.54, 1.807) is 24.5 Å². The summed E-state index contributed by atoms with van der Waals surface area (Å²) < 4.78 is 1.41. The molecule has 142 valence electrons. The highest BCUT2D eigenvalue weighted by atomic mass is 16.2. The van der Waals surface area contributed by atoms with E-state index in [4.69, 9.17) is 0 Å². The maximum atomic E-state index is 12.7. The summed E-state index contributed by atoms with van der Waals surface area (Å²) in [5.41, 5.74) is 4.64. The van der Waals surface area contributed by atoms with Crippen molar-refractivity contribution >= 4 is 11.6 Å². The zero-order valence-corrected chi connectivity index (χ0v) is 15.8. The Morgan fingerprint density at radius 1 is 1.11 bits per heavy atom. The molecule has 3 aromatic rings. The fraction of sp³-hybridized carbons (Fsp3) is 0.273. The van der Waals surface area contributed by atoms with Crippen LogP contribution in [-0.4, -0.2) is 20.4 Å². The average Bonchev–Trinajstić information content (AvgIpc) is 3.17. The number of anilines is 1. The van der Waals surface area contributed by atoms with E-state index in [2.05, 4.69) is 21.4 Å². The molecule has 1 N–H and O–H groups in total. The molecule has 4 rings (SSSR count). The molecule has 0 aliphatic heterocycles. The number of aryl methyl sites for hydroxylation is 3. The van der Waals surface area contributed by atoms with Crippen molar-refractivity contribution in [2.45, 2.75) is 39.2 Å². The smallest absolute Gasteiger partial charge is 0.254 e. The summed E-state index contributed by atoms with van der Waals surface area (Å²) in [7, 11) is 0. The highest BCUT2D eigenvalue weighted by molar-refractivity contribution is 5.91. The number of amides is 1. The van der Waals surface area contributed by atoms with Crippen LogP contribution in [0.1, 0.15) is 30.2 Å².